The maximum atomic E-state index is 12.1. The number of carboxylic acid groups (broad SMARTS) is 3. The van der Waals surface area contributed by atoms with Crippen molar-refractivity contribution in [3.8, 4) is 11.3 Å². The molecule has 16 heteroatoms. The summed E-state index contributed by atoms with van der Waals surface area (Å²) in [5, 5.41) is 31.2. The molecular weight excluding hydrogens is 667 g/mol. The van der Waals surface area contributed by atoms with E-state index in [0.29, 0.717) is 16.3 Å². The third kappa shape index (κ3) is 11.8. The summed E-state index contributed by atoms with van der Waals surface area (Å²) in [7, 11) is -4.02. The number of thiophene rings is 1. The second kappa shape index (κ2) is 16.8. The van der Waals surface area contributed by atoms with Crippen LogP contribution in [-0.2, 0) is 16.3 Å². The third-order valence-electron chi connectivity index (χ3n) is 5.64. The van der Waals surface area contributed by atoms with Gasteiger partial charge in [-0.25, -0.2) is 14.4 Å². The molecule has 0 saturated carbocycles. The van der Waals surface area contributed by atoms with Crippen LogP contribution in [-0.4, -0.2) is 51.4 Å². The van der Waals surface area contributed by atoms with Crippen LogP contribution in [0.4, 0.5) is 13.2 Å². The van der Waals surface area contributed by atoms with Crippen LogP contribution in [0.25, 0.3) is 11.3 Å². The highest BCUT2D eigenvalue weighted by molar-refractivity contribution is 7.85. The normalized spacial score (nSPS) is 10.6. The fourth-order valence-electron chi connectivity index (χ4n) is 3.44. The maximum Gasteiger partial charge on any atom is 0.417 e. The second-order valence-corrected chi connectivity index (χ2v) is 11.4. The maximum absolute atomic E-state index is 12.1. The van der Waals surface area contributed by atoms with Crippen molar-refractivity contribution in [2.75, 3.05) is 0 Å². The number of carbonyl (C=O) groups is 3. The van der Waals surface area contributed by atoms with Crippen LogP contribution >= 0.6 is 11.3 Å². The van der Waals surface area contributed by atoms with Crippen LogP contribution in [0.5, 0.6) is 0 Å². The average Bonchev–Trinajstić information content (AvgIpc) is 3.69. The summed E-state index contributed by atoms with van der Waals surface area (Å²) < 4.78 is 70.9. The molecule has 5 rings (SSSR count). The number of halogens is 3. The van der Waals surface area contributed by atoms with Crippen LogP contribution in [0.15, 0.2) is 106 Å². The number of nitrogens with zero attached hydrogens (tertiary/aromatic N) is 1. The minimum Gasteiger partial charge on any atom is -0.478 e. The molecule has 0 radical (unpaired) electrons. The van der Waals surface area contributed by atoms with Crippen molar-refractivity contribution in [1.29, 1.82) is 0 Å². The van der Waals surface area contributed by atoms with Gasteiger partial charge in [-0.15, -0.1) is 11.3 Å². The number of carboxylic acids is 3. The lowest BCUT2D eigenvalue weighted by atomic mass is 10.1. The van der Waals surface area contributed by atoms with Crippen LogP contribution in [0.3, 0.4) is 0 Å². The van der Waals surface area contributed by atoms with E-state index in [-0.39, 0.29) is 10.5 Å². The van der Waals surface area contributed by atoms with Crippen molar-refractivity contribution in [2.45, 2.75) is 24.9 Å². The lowest BCUT2D eigenvalue weighted by Gasteiger charge is -2.08. The van der Waals surface area contributed by atoms with E-state index in [4.69, 9.17) is 24.4 Å². The Morgan fingerprint density at radius 3 is 1.77 bits per heavy atom. The second-order valence-electron chi connectivity index (χ2n) is 9.05. The van der Waals surface area contributed by atoms with Crippen LogP contribution in [0, 0.1) is 13.8 Å². The van der Waals surface area contributed by atoms with Crippen molar-refractivity contribution in [3.05, 3.63) is 129 Å². The number of hydrogen-bond donors (Lipinski definition) is 4. The number of aromatic carboxylic acids is 3. The van der Waals surface area contributed by atoms with Gasteiger partial charge in [-0.3, -0.25) is 4.55 Å². The van der Waals surface area contributed by atoms with Gasteiger partial charge in [0.25, 0.3) is 10.1 Å². The molecule has 3 aromatic carbocycles. The predicted molar refractivity (Wildman–Crippen MR) is 164 cm³/mol. The molecule has 248 valence electrons. The van der Waals surface area contributed by atoms with E-state index >= 15 is 0 Å². The predicted octanol–water partition coefficient (Wildman–Crippen LogP) is 7.44. The zero-order valence-electron chi connectivity index (χ0n) is 24.4. The van der Waals surface area contributed by atoms with Gasteiger partial charge in [0, 0.05) is 5.56 Å². The van der Waals surface area contributed by atoms with E-state index < -0.39 is 45.3 Å². The lowest BCUT2D eigenvalue weighted by molar-refractivity contribution is -0.138. The number of aryl methyl sites for hydroxylation is 2. The molecule has 47 heavy (non-hydrogen) atoms. The minimum absolute atomic E-state index is 0.0666. The number of alkyl halides is 3. The van der Waals surface area contributed by atoms with E-state index in [2.05, 4.69) is 5.16 Å². The summed E-state index contributed by atoms with van der Waals surface area (Å²) in [6.07, 6.45) is -4.62. The fraction of sp³-hybridized carbons (Fsp3) is 0.0968. The molecule has 0 saturated heterocycles. The Morgan fingerprint density at radius 2 is 1.34 bits per heavy atom. The molecule has 0 atom stereocenters. The van der Waals surface area contributed by atoms with Crippen molar-refractivity contribution in [3.63, 3.8) is 0 Å². The molecule has 0 amide bonds. The van der Waals surface area contributed by atoms with Gasteiger partial charge in [-0.1, -0.05) is 71.4 Å². The van der Waals surface area contributed by atoms with Gasteiger partial charge in [-0.05, 0) is 49.6 Å². The fourth-order valence-corrected chi connectivity index (χ4v) is 4.49. The molecule has 0 aliphatic rings. The Bertz CT molecular complexity index is 1890. The highest BCUT2D eigenvalue weighted by atomic mass is 32.2. The summed E-state index contributed by atoms with van der Waals surface area (Å²) in [5.41, 5.74) is 0.350. The van der Waals surface area contributed by atoms with Crippen LogP contribution in [0.1, 0.15) is 47.3 Å². The van der Waals surface area contributed by atoms with E-state index in [1.165, 1.54) is 29.5 Å². The Hall–Kier alpha value is -5.32. The summed E-state index contributed by atoms with van der Waals surface area (Å²) >= 11 is 1.23. The Morgan fingerprint density at radius 1 is 0.766 bits per heavy atom. The Labute approximate surface area is 269 Å². The lowest BCUT2D eigenvalue weighted by Crippen LogP contribution is -2.12. The molecule has 0 aliphatic heterocycles. The number of benzene rings is 3. The molecule has 5 aromatic rings. The highest BCUT2D eigenvalue weighted by Gasteiger charge is 2.34. The molecular formula is C31H26F3NO10S2. The number of hydrogen-bond acceptors (Lipinski definition) is 8. The molecule has 11 nitrogen and oxygen atoms in total. The summed E-state index contributed by atoms with van der Waals surface area (Å²) in [6, 6.07) is 22.4. The Balaban J connectivity index is 0.000000223. The molecule has 0 aliphatic carbocycles. The molecule has 0 unspecified atom stereocenters. The summed E-state index contributed by atoms with van der Waals surface area (Å²) in [6.45, 7) is 3.43. The molecule has 0 bridgehead atoms. The summed E-state index contributed by atoms with van der Waals surface area (Å²) in [5.74, 6) is -3.12. The van der Waals surface area contributed by atoms with Gasteiger partial charge in [0.1, 0.15) is 21.9 Å². The average molecular weight is 694 g/mol. The van der Waals surface area contributed by atoms with E-state index in [1.807, 2.05) is 25.1 Å². The zero-order valence-corrected chi connectivity index (χ0v) is 26.0. The smallest absolute Gasteiger partial charge is 0.417 e. The van der Waals surface area contributed by atoms with Gasteiger partial charge in [0.05, 0.1) is 16.0 Å². The van der Waals surface area contributed by atoms with Gasteiger partial charge < -0.3 is 19.8 Å². The monoisotopic (exact) mass is 693 g/mol. The van der Waals surface area contributed by atoms with E-state index in [0.717, 1.165) is 29.3 Å². The topological polar surface area (TPSA) is 192 Å². The summed E-state index contributed by atoms with van der Waals surface area (Å²) in [4.78, 5) is 31.7. The highest BCUT2D eigenvalue weighted by Crippen LogP contribution is 2.31. The minimum atomic E-state index is -4.62. The van der Waals surface area contributed by atoms with Crippen LogP contribution in [0.2, 0.25) is 0 Å². The molecule has 2 aromatic heterocycles. The first-order valence-corrected chi connectivity index (χ1v) is 15.2. The van der Waals surface area contributed by atoms with Crippen LogP contribution < -0.4 is 0 Å². The molecule has 0 spiro atoms. The van der Waals surface area contributed by atoms with E-state index in [1.54, 1.807) is 48.7 Å². The van der Waals surface area contributed by atoms with Gasteiger partial charge in [0.15, 0.2) is 0 Å². The van der Waals surface area contributed by atoms with Gasteiger partial charge in [0.2, 0.25) is 0 Å². The third-order valence-corrected chi connectivity index (χ3v) is 7.36. The van der Waals surface area contributed by atoms with Gasteiger partial charge >= 0.3 is 24.1 Å². The molecule has 4 N–H and O–H groups in total. The standard InChI is InChI=1S/C11H9NO3.C8H5F3O2.C7H8O3S.C5H4O2S/c1-7-9(11(13)14)10(12-15-7)8-5-3-2-4-6-8;9-8(10,11)6-4-2-1-3-5(6)7(12)13;1-6-2-4-7(5-3-6)11(8,9)10;6-5(7)4-2-1-3-8-4/h2-6H,1H3,(H,13,14);1-4H,(H,12,13);2-5H,1H3,(H,8,9,10);1-3H,(H,6,7). The Kier molecular flexibility index (Phi) is 13.6. The first kappa shape index (κ1) is 37.9. The zero-order chi connectivity index (χ0) is 35.4. The SMILES string of the molecule is Cc1ccc(S(=O)(=O)O)cc1.Cc1onc(-c2ccccc2)c1C(=O)O.O=C(O)c1ccccc1C(F)(F)F.O=C(O)c1cccs1. The number of aromatic nitrogens is 1. The largest absolute Gasteiger partial charge is 0.478 e. The van der Waals surface area contributed by atoms with Crippen molar-refractivity contribution in [1.82, 2.24) is 5.16 Å². The quantitative estimate of drug-likeness (QED) is 0.134. The van der Waals surface area contributed by atoms with Crippen molar-refractivity contribution in [2.24, 2.45) is 0 Å². The first-order chi connectivity index (χ1) is 21.9. The number of rotatable bonds is 5. The van der Waals surface area contributed by atoms with E-state index in [9.17, 15) is 36.0 Å². The molecule has 2 heterocycles. The molecule has 0 fully saturated rings. The van der Waals surface area contributed by atoms with Gasteiger partial charge in [-0.2, -0.15) is 21.6 Å². The van der Waals surface area contributed by atoms with Crippen molar-refractivity contribution < 1.29 is 60.4 Å². The van der Waals surface area contributed by atoms with Crippen molar-refractivity contribution >= 4 is 39.4 Å². The first-order valence-electron chi connectivity index (χ1n) is 12.9.